The van der Waals surface area contributed by atoms with Gasteiger partial charge in [-0.15, -0.1) is 6.58 Å². The zero-order chi connectivity index (χ0) is 6.41. The van der Waals surface area contributed by atoms with Crippen molar-refractivity contribution in [3.05, 3.63) is 38.8 Å². The van der Waals surface area contributed by atoms with Crippen LogP contribution in [0.4, 0.5) is 0 Å². The Morgan fingerprint density at radius 2 is 1.88 bits per heavy atom. The van der Waals surface area contributed by atoms with Crippen LogP contribution in [0.15, 0.2) is 12.7 Å². The first-order valence-electron chi connectivity index (χ1n) is 2.72. The first-order chi connectivity index (χ1) is 3.77. The molecule has 0 aromatic rings. The van der Waals surface area contributed by atoms with Gasteiger partial charge in [0.15, 0.2) is 0 Å². The van der Waals surface area contributed by atoms with Crippen LogP contribution in [0.2, 0.25) is 0 Å². The molecular weight excluding hydrogens is 96.1 g/mol. The van der Waals surface area contributed by atoms with Gasteiger partial charge in [0.1, 0.15) is 0 Å². The molecule has 0 aliphatic carbocycles. The van der Waals surface area contributed by atoms with E-state index in [0.29, 0.717) is 0 Å². The predicted octanol–water partition coefficient (Wildman–Crippen LogP) is 2.40. The van der Waals surface area contributed by atoms with Crippen molar-refractivity contribution < 1.29 is 0 Å². The number of rotatable bonds is 4. The number of hydrogen-bond acceptors (Lipinski definition) is 0. The standard InChI is InChI=1S/C8H12/c1-4-5-6-7-8(2)3/h4,7H,1-3,5-6H2. The minimum atomic E-state index is 0.895. The molecule has 0 atom stereocenters. The second kappa shape index (κ2) is 4.89. The van der Waals surface area contributed by atoms with Gasteiger partial charge in [-0.1, -0.05) is 6.08 Å². The Balaban J connectivity index is 2.81. The fourth-order valence-electron chi connectivity index (χ4n) is 0.405. The van der Waals surface area contributed by atoms with Gasteiger partial charge in [-0.25, -0.2) is 0 Å². The van der Waals surface area contributed by atoms with Gasteiger partial charge >= 0.3 is 0 Å². The molecule has 0 saturated carbocycles. The second-order valence-electron chi connectivity index (χ2n) is 1.73. The molecule has 0 rings (SSSR count). The molecule has 0 spiro atoms. The van der Waals surface area contributed by atoms with Crippen molar-refractivity contribution in [2.24, 2.45) is 0 Å². The summed E-state index contributed by atoms with van der Waals surface area (Å²) in [7, 11) is 0. The summed E-state index contributed by atoms with van der Waals surface area (Å²) in [4.78, 5) is 0. The molecule has 0 fully saturated rings. The van der Waals surface area contributed by atoms with Crippen molar-refractivity contribution in [1.82, 2.24) is 0 Å². The van der Waals surface area contributed by atoms with E-state index in [0.717, 1.165) is 18.8 Å². The number of unbranched alkanes of at least 4 members (excludes halogenated alkanes) is 1. The van der Waals surface area contributed by atoms with E-state index in [1.54, 1.807) is 0 Å². The molecule has 0 aliphatic rings. The summed E-state index contributed by atoms with van der Waals surface area (Å²) < 4.78 is 0. The first-order valence-corrected chi connectivity index (χ1v) is 2.72. The lowest BCUT2D eigenvalue weighted by Crippen LogP contribution is -1.84. The summed E-state index contributed by atoms with van der Waals surface area (Å²) in [5, 5.41) is 0. The van der Waals surface area contributed by atoms with E-state index in [1.165, 1.54) is 0 Å². The van der Waals surface area contributed by atoms with Crippen LogP contribution in [-0.4, -0.2) is 0 Å². The molecular formula is C8H12. The molecule has 0 heterocycles. The quantitative estimate of drug-likeness (QED) is 0.383. The highest BCUT2D eigenvalue weighted by atomic mass is 14.0. The van der Waals surface area contributed by atoms with Gasteiger partial charge in [-0.05, 0) is 39.0 Å². The van der Waals surface area contributed by atoms with Gasteiger partial charge in [0, 0.05) is 0 Å². The van der Waals surface area contributed by atoms with Crippen LogP contribution in [0.5, 0.6) is 0 Å². The van der Waals surface area contributed by atoms with E-state index in [9.17, 15) is 0 Å². The summed E-state index contributed by atoms with van der Waals surface area (Å²) in [5.74, 6) is 0.895. The monoisotopic (exact) mass is 108 g/mol. The summed E-state index contributed by atoms with van der Waals surface area (Å²) in [6.45, 7) is 10.8. The third-order valence-electron chi connectivity index (χ3n) is 0.804. The molecule has 0 heteroatoms. The molecule has 0 aromatic heterocycles. The fourth-order valence-corrected chi connectivity index (χ4v) is 0.405. The Morgan fingerprint density at radius 1 is 1.25 bits per heavy atom. The van der Waals surface area contributed by atoms with E-state index in [-0.39, 0.29) is 0 Å². The van der Waals surface area contributed by atoms with Gasteiger partial charge in [-0.3, -0.25) is 0 Å². The van der Waals surface area contributed by atoms with Gasteiger partial charge in [0.05, 0.1) is 0 Å². The van der Waals surface area contributed by atoms with Gasteiger partial charge in [0.2, 0.25) is 0 Å². The summed E-state index contributed by atoms with van der Waals surface area (Å²) in [6, 6.07) is 0. The highest BCUT2D eigenvalue weighted by Gasteiger charge is 1.91. The number of hydrogen-bond donors (Lipinski definition) is 0. The van der Waals surface area contributed by atoms with Crippen molar-refractivity contribution in [2.45, 2.75) is 12.8 Å². The molecule has 0 nitrogen and oxygen atoms in total. The molecule has 44 valence electrons. The largest absolute Gasteiger partial charge is 0.103 e. The van der Waals surface area contributed by atoms with Crippen LogP contribution in [0.3, 0.4) is 0 Å². The van der Waals surface area contributed by atoms with Crippen LogP contribution < -0.4 is 0 Å². The highest BCUT2D eigenvalue weighted by Crippen LogP contribution is 2.05. The molecule has 0 saturated heterocycles. The summed E-state index contributed by atoms with van der Waals surface area (Å²) in [5.41, 5.74) is 0. The van der Waals surface area contributed by atoms with Crippen molar-refractivity contribution >= 4 is 0 Å². The lowest BCUT2D eigenvalue weighted by Gasteiger charge is -1.97. The SMILES string of the molecule is [CH2][C]([CH2])[CH]CCC=C. The smallest absolute Gasteiger partial charge is 0.0207 e. The fraction of sp³-hybridized carbons (Fsp3) is 0.250. The maximum absolute atomic E-state index is 3.63. The molecule has 4 radical (unpaired) electrons. The zero-order valence-corrected chi connectivity index (χ0v) is 5.19. The predicted molar refractivity (Wildman–Crippen MR) is 37.7 cm³/mol. The molecule has 0 unspecified atom stereocenters. The van der Waals surface area contributed by atoms with E-state index in [2.05, 4.69) is 20.4 Å². The van der Waals surface area contributed by atoms with Gasteiger partial charge in [0.25, 0.3) is 0 Å². The van der Waals surface area contributed by atoms with Crippen molar-refractivity contribution in [1.29, 1.82) is 0 Å². The van der Waals surface area contributed by atoms with Crippen molar-refractivity contribution in [3.63, 3.8) is 0 Å². The zero-order valence-electron chi connectivity index (χ0n) is 5.19. The Labute approximate surface area is 52.6 Å². The molecule has 0 bridgehead atoms. The lowest BCUT2D eigenvalue weighted by molar-refractivity contribution is 0.966. The normalized spacial score (nSPS) is 9.88. The Bertz CT molecular complexity index is 53.1. The van der Waals surface area contributed by atoms with Crippen LogP contribution in [-0.2, 0) is 0 Å². The highest BCUT2D eigenvalue weighted by molar-refractivity contribution is 5.08. The minimum absolute atomic E-state index is 0.895. The number of allylic oxidation sites excluding steroid dienone is 1. The van der Waals surface area contributed by atoms with E-state index in [1.807, 2.05) is 12.5 Å². The third kappa shape index (κ3) is 5.74. The average Bonchev–Trinajstić information content (AvgIpc) is 1.66. The maximum atomic E-state index is 3.63. The van der Waals surface area contributed by atoms with E-state index in [4.69, 9.17) is 0 Å². The molecule has 0 aliphatic heterocycles. The maximum Gasteiger partial charge on any atom is -0.0207 e. The summed E-state index contributed by atoms with van der Waals surface area (Å²) >= 11 is 0. The van der Waals surface area contributed by atoms with Gasteiger partial charge in [-0.2, -0.15) is 0 Å². The minimum Gasteiger partial charge on any atom is -0.103 e. The van der Waals surface area contributed by atoms with Gasteiger partial charge < -0.3 is 0 Å². The van der Waals surface area contributed by atoms with Crippen LogP contribution in [0, 0.1) is 26.2 Å². The Kier molecular flexibility index (Phi) is 4.73. The Hall–Kier alpha value is -0.260. The topological polar surface area (TPSA) is 0 Å². The van der Waals surface area contributed by atoms with Crippen molar-refractivity contribution in [3.8, 4) is 0 Å². The van der Waals surface area contributed by atoms with E-state index < -0.39 is 0 Å². The van der Waals surface area contributed by atoms with Crippen LogP contribution in [0.1, 0.15) is 12.8 Å². The average molecular weight is 108 g/mol. The molecule has 0 amide bonds. The second-order valence-corrected chi connectivity index (χ2v) is 1.73. The molecule has 8 heavy (non-hydrogen) atoms. The summed E-state index contributed by atoms with van der Waals surface area (Å²) in [6.07, 6.45) is 5.93. The third-order valence-corrected chi connectivity index (χ3v) is 0.804. The first kappa shape index (κ1) is 7.74. The lowest BCUT2D eigenvalue weighted by atomic mass is 10.1. The van der Waals surface area contributed by atoms with Crippen molar-refractivity contribution in [2.75, 3.05) is 0 Å². The molecule has 0 N–H and O–H groups in total. The Morgan fingerprint density at radius 3 is 2.25 bits per heavy atom. The van der Waals surface area contributed by atoms with Crippen LogP contribution in [0.25, 0.3) is 0 Å². The van der Waals surface area contributed by atoms with E-state index >= 15 is 0 Å². The molecule has 0 aromatic carbocycles. The van der Waals surface area contributed by atoms with Crippen LogP contribution >= 0.6 is 0 Å².